The zero-order valence-electron chi connectivity index (χ0n) is 25.4. The topological polar surface area (TPSA) is 27.7 Å². The van der Waals surface area contributed by atoms with Crippen LogP contribution >= 0.6 is 0 Å². The van der Waals surface area contributed by atoms with Gasteiger partial charge in [-0.2, -0.15) is 114 Å². The molecule has 0 aliphatic heterocycles. The molecular formula is C22H22F26O3Si. The van der Waals surface area contributed by atoms with Crippen LogP contribution in [0.3, 0.4) is 0 Å². The van der Waals surface area contributed by atoms with Crippen molar-refractivity contribution in [3.05, 3.63) is 0 Å². The second-order valence-corrected chi connectivity index (χ2v) is 13.0. The van der Waals surface area contributed by atoms with E-state index < -0.39 is 132 Å². The molecule has 0 radical (unpaired) electrons. The standard InChI is InChI=1S/C22H22F26O3Si/c1-4-49-52(50-5-2,22(47,48)21(45,46)20(43,44)17(37,38)12(25,26)7-9-14(30,31)32)51-10(3)15(33,34)18(39,40)19(41,42)16(35,36)11(23,24)6-8-13(27,28)29/h10H,4-9H2,1-3H3. The molecule has 0 spiro atoms. The Morgan fingerprint density at radius 3 is 0.962 bits per heavy atom. The number of hydrogen-bond donors (Lipinski definition) is 0. The van der Waals surface area contributed by atoms with Gasteiger partial charge < -0.3 is 13.3 Å². The van der Waals surface area contributed by atoms with Crippen LogP contribution in [-0.4, -0.2) is 99.3 Å². The van der Waals surface area contributed by atoms with E-state index in [0.29, 0.717) is 0 Å². The molecule has 0 amide bonds. The normalized spacial score (nSPS) is 16.8. The molecule has 0 saturated carbocycles. The smallest absolute Gasteiger partial charge is 0.370 e. The van der Waals surface area contributed by atoms with Gasteiger partial charge in [0.1, 0.15) is 6.10 Å². The first-order valence-electron chi connectivity index (χ1n) is 13.3. The second kappa shape index (κ2) is 14.7. The quantitative estimate of drug-likeness (QED) is 0.0902. The van der Waals surface area contributed by atoms with Crippen molar-refractivity contribution in [1.29, 1.82) is 0 Å². The minimum Gasteiger partial charge on any atom is -0.370 e. The first-order chi connectivity index (χ1) is 22.4. The molecule has 1 unspecified atom stereocenters. The van der Waals surface area contributed by atoms with Crippen LogP contribution in [0.25, 0.3) is 0 Å². The van der Waals surface area contributed by atoms with E-state index in [1.807, 2.05) is 0 Å². The predicted molar refractivity (Wildman–Crippen MR) is 120 cm³/mol. The van der Waals surface area contributed by atoms with Gasteiger partial charge in [0, 0.05) is 38.9 Å². The minimum atomic E-state index is -8.36. The third-order valence-corrected chi connectivity index (χ3v) is 9.73. The van der Waals surface area contributed by atoms with Gasteiger partial charge in [0.2, 0.25) is 0 Å². The van der Waals surface area contributed by atoms with Crippen molar-refractivity contribution in [2.24, 2.45) is 0 Å². The first kappa shape index (κ1) is 50.3. The Morgan fingerprint density at radius 2 is 0.692 bits per heavy atom. The fourth-order valence-corrected chi connectivity index (χ4v) is 6.32. The summed E-state index contributed by atoms with van der Waals surface area (Å²) in [6, 6.07) is 0. The van der Waals surface area contributed by atoms with Crippen LogP contribution in [0.5, 0.6) is 0 Å². The Labute approximate surface area is 274 Å². The Kier molecular flexibility index (Phi) is 14.2. The molecule has 0 heterocycles. The lowest BCUT2D eigenvalue weighted by molar-refractivity contribution is -0.412. The van der Waals surface area contributed by atoms with E-state index in [-0.39, 0.29) is 13.8 Å². The molecule has 3 nitrogen and oxygen atoms in total. The lowest BCUT2D eigenvalue weighted by Gasteiger charge is -2.45. The summed E-state index contributed by atoms with van der Waals surface area (Å²) in [5, 5.41) is 0. The van der Waals surface area contributed by atoms with Crippen molar-refractivity contribution in [2.45, 2.75) is 124 Å². The average Bonchev–Trinajstić information content (AvgIpc) is 2.93. The molecule has 0 N–H and O–H groups in total. The molecule has 1 atom stereocenters. The maximum Gasteiger partial charge on any atom is 0.582 e. The summed E-state index contributed by atoms with van der Waals surface area (Å²) in [6.07, 6.45) is -30.1. The highest BCUT2D eigenvalue weighted by Gasteiger charge is 2.93. The van der Waals surface area contributed by atoms with E-state index in [4.69, 9.17) is 0 Å². The zero-order chi connectivity index (χ0) is 42.4. The Balaban J connectivity index is 7.34. The highest BCUT2D eigenvalue weighted by Crippen LogP contribution is 2.62. The molecule has 0 saturated heterocycles. The summed E-state index contributed by atoms with van der Waals surface area (Å²) in [6.45, 7) is -4.17. The van der Waals surface area contributed by atoms with Gasteiger partial charge in [-0.1, -0.05) is 0 Å². The van der Waals surface area contributed by atoms with Gasteiger partial charge in [0.15, 0.2) is 0 Å². The fraction of sp³-hybridized carbons (Fsp3) is 1.00. The lowest BCUT2D eigenvalue weighted by atomic mass is 9.90. The number of halogens is 26. The van der Waals surface area contributed by atoms with Crippen molar-refractivity contribution in [3.63, 3.8) is 0 Å². The molecule has 0 fully saturated rings. The van der Waals surface area contributed by atoms with Crippen molar-refractivity contribution in [2.75, 3.05) is 13.2 Å². The molecule has 0 aromatic rings. The molecule has 314 valence electrons. The van der Waals surface area contributed by atoms with Crippen LogP contribution in [0, 0.1) is 0 Å². The second-order valence-electron chi connectivity index (χ2n) is 10.5. The fourth-order valence-electron chi connectivity index (χ4n) is 3.67. The number of rotatable bonds is 20. The SMILES string of the molecule is CCO[Si](OCC)(OC(C)C(F)(F)C(F)(F)C(F)(F)C(F)(F)C(F)(F)CCC(F)(F)F)C(F)(F)C(F)(F)C(F)(F)C(F)(F)C(F)(F)CCC(F)(F)F. The predicted octanol–water partition coefficient (Wildman–Crippen LogP) is 11.0. The van der Waals surface area contributed by atoms with Crippen LogP contribution in [0.4, 0.5) is 114 Å². The van der Waals surface area contributed by atoms with E-state index >= 15 is 8.78 Å². The molecule has 0 aliphatic carbocycles. The highest BCUT2D eigenvalue weighted by molar-refractivity contribution is 6.64. The van der Waals surface area contributed by atoms with E-state index in [1.54, 1.807) is 0 Å². The summed E-state index contributed by atoms with van der Waals surface area (Å²) in [7, 11) is -8.22. The Morgan fingerprint density at radius 1 is 0.404 bits per heavy atom. The van der Waals surface area contributed by atoms with Gasteiger partial charge >= 0.3 is 80.0 Å². The van der Waals surface area contributed by atoms with Crippen molar-refractivity contribution < 1.29 is 127 Å². The minimum absolute atomic E-state index is 0.255. The monoisotopic (exact) mass is 856 g/mol. The van der Waals surface area contributed by atoms with E-state index in [0.717, 1.165) is 0 Å². The number of hydrogen-bond acceptors (Lipinski definition) is 3. The molecular weight excluding hydrogens is 834 g/mol. The summed E-state index contributed by atoms with van der Waals surface area (Å²) >= 11 is 0. The van der Waals surface area contributed by atoms with Gasteiger partial charge in [-0.25, -0.2) is 0 Å². The van der Waals surface area contributed by atoms with Crippen LogP contribution in [0.2, 0.25) is 0 Å². The molecule has 0 aliphatic rings. The Hall–Kier alpha value is -1.72. The third kappa shape index (κ3) is 8.56. The highest BCUT2D eigenvalue weighted by atomic mass is 28.4. The van der Waals surface area contributed by atoms with E-state index in [2.05, 4.69) is 13.3 Å². The maximum absolute atomic E-state index is 15.3. The summed E-state index contributed by atoms with van der Waals surface area (Å²) in [5.74, 6) is -70.5. The van der Waals surface area contributed by atoms with Gasteiger partial charge in [0.25, 0.3) is 0 Å². The average molecular weight is 856 g/mol. The van der Waals surface area contributed by atoms with Gasteiger partial charge in [-0.3, -0.25) is 0 Å². The van der Waals surface area contributed by atoms with Crippen molar-refractivity contribution >= 4 is 8.80 Å². The van der Waals surface area contributed by atoms with Crippen molar-refractivity contribution in [3.8, 4) is 0 Å². The summed E-state index contributed by atoms with van der Waals surface area (Å²) in [5.41, 5.74) is -7.67. The largest absolute Gasteiger partial charge is 0.582 e. The van der Waals surface area contributed by atoms with Crippen LogP contribution in [-0.2, 0) is 13.3 Å². The number of alkyl halides is 26. The van der Waals surface area contributed by atoms with Crippen LogP contribution < -0.4 is 0 Å². The molecule has 0 aromatic heterocycles. The maximum atomic E-state index is 15.3. The first-order valence-corrected chi connectivity index (χ1v) is 15.0. The Bertz CT molecular complexity index is 1170. The van der Waals surface area contributed by atoms with Crippen molar-refractivity contribution in [1.82, 2.24) is 0 Å². The van der Waals surface area contributed by atoms with E-state index in [1.165, 1.54) is 0 Å². The molecule has 0 rings (SSSR count). The van der Waals surface area contributed by atoms with Crippen LogP contribution in [0.1, 0.15) is 46.5 Å². The summed E-state index contributed by atoms with van der Waals surface area (Å²) < 4.78 is 371. The molecule has 52 heavy (non-hydrogen) atoms. The van der Waals surface area contributed by atoms with Crippen LogP contribution in [0.15, 0.2) is 0 Å². The molecule has 0 bridgehead atoms. The van der Waals surface area contributed by atoms with E-state index in [9.17, 15) is 105 Å². The lowest BCUT2D eigenvalue weighted by Crippen LogP contribution is -2.77. The van der Waals surface area contributed by atoms with Gasteiger partial charge in [0.05, 0.1) is 0 Å². The molecule has 0 aromatic carbocycles. The zero-order valence-corrected chi connectivity index (χ0v) is 26.4. The van der Waals surface area contributed by atoms with Gasteiger partial charge in [-0.05, 0) is 20.8 Å². The molecule has 30 heteroatoms. The summed E-state index contributed by atoms with van der Waals surface area (Å²) in [4.78, 5) is 0. The van der Waals surface area contributed by atoms with Gasteiger partial charge in [-0.15, -0.1) is 0 Å². The third-order valence-electron chi connectivity index (χ3n) is 6.65.